The topological polar surface area (TPSA) is 95.5 Å². The maximum Gasteiger partial charge on any atom is 0.325 e. The molecule has 0 bridgehead atoms. The summed E-state index contributed by atoms with van der Waals surface area (Å²) in [5.74, 6) is -2.28. The molecule has 8 heteroatoms. The summed E-state index contributed by atoms with van der Waals surface area (Å²) in [5.41, 5.74) is -0.0739. The summed E-state index contributed by atoms with van der Waals surface area (Å²) in [4.78, 5) is 33.0. The van der Waals surface area contributed by atoms with Gasteiger partial charge in [-0.2, -0.15) is 0 Å². The third-order valence-corrected chi connectivity index (χ3v) is 2.72. The van der Waals surface area contributed by atoms with Gasteiger partial charge in [0.25, 0.3) is 0 Å². The van der Waals surface area contributed by atoms with E-state index in [1.807, 2.05) is 5.32 Å². The van der Waals surface area contributed by atoms with Crippen LogP contribution in [0.2, 0.25) is 0 Å². The van der Waals surface area contributed by atoms with Crippen molar-refractivity contribution in [2.75, 3.05) is 5.32 Å². The van der Waals surface area contributed by atoms with Crippen LogP contribution >= 0.6 is 15.9 Å². The summed E-state index contributed by atoms with van der Waals surface area (Å²) in [6.07, 6.45) is -0.129. The second kappa shape index (κ2) is 7.59. The molecule has 0 radical (unpaired) electrons. The van der Waals surface area contributed by atoms with Crippen LogP contribution in [0.1, 0.15) is 19.3 Å². The van der Waals surface area contributed by atoms with Crippen LogP contribution < -0.4 is 10.6 Å². The number of carbonyl (C=O) groups excluding carboxylic acids is 2. The van der Waals surface area contributed by atoms with Crippen molar-refractivity contribution in [1.29, 1.82) is 0 Å². The van der Waals surface area contributed by atoms with E-state index in [0.717, 1.165) is 6.07 Å². The molecule has 0 saturated carbocycles. The average Bonchev–Trinajstić information content (AvgIpc) is 2.33. The van der Waals surface area contributed by atoms with Crippen LogP contribution in [0.3, 0.4) is 0 Å². The molecular formula is C12H12BrFN2O4. The number of carboxylic acids is 1. The smallest absolute Gasteiger partial charge is 0.325 e. The number of rotatable bonds is 5. The molecule has 0 unspecified atom stereocenters. The lowest BCUT2D eigenvalue weighted by Gasteiger charge is -2.07. The standard InChI is InChI=1S/C12H12BrFN2O4/c13-7-4-5-8(14)9(6-7)15-12(20)16-10(17)2-1-3-11(18)19/h4-6H,1-3H2,(H,18,19)(H2,15,16,17,20). The van der Waals surface area contributed by atoms with Gasteiger partial charge < -0.3 is 10.4 Å². The van der Waals surface area contributed by atoms with Crippen LogP contribution in [-0.4, -0.2) is 23.0 Å². The molecule has 0 heterocycles. The van der Waals surface area contributed by atoms with Crippen molar-refractivity contribution in [3.8, 4) is 0 Å². The average molecular weight is 347 g/mol. The van der Waals surface area contributed by atoms with Gasteiger partial charge >= 0.3 is 12.0 Å². The summed E-state index contributed by atoms with van der Waals surface area (Å²) < 4.78 is 13.9. The Hall–Kier alpha value is -1.96. The van der Waals surface area contributed by atoms with Crippen LogP contribution in [0.5, 0.6) is 0 Å². The van der Waals surface area contributed by atoms with Gasteiger partial charge in [0.15, 0.2) is 0 Å². The third kappa shape index (κ3) is 5.79. The SMILES string of the molecule is O=C(O)CCCC(=O)NC(=O)Nc1cc(Br)ccc1F. The van der Waals surface area contributed by atoms with Gasteiger partial charge in [0.05, 0.1) is 5.69 Å². The summed E-state index contributed by atoms with van der Waals surface area (Å²) in [6, 6.07) is 3.11. The van der Waals surface area contributed by atoms with Crippen LogP contribution in [0.25, 0.3) is 0 Å². The number of halogens is 2. The van der Waals surface area contributed by atoms with Crippen molar-refractivity contribution in [2.24, 2.45) is 0 Å². The minimum atomic E-state index is -1.02. The molecule has 0 aliphatic heterocycles. The Morgan fingerprint density at radius 1 is 1.25 bits per heavy atom. The lowest BCUT2D eigenvalue weighted by molar-refractivity contribution is -0.137. The highest BCUT2D eigenvalue weighted by Gasteiger charge is 2.11. The highest BCUT2D eigenvalue weighted by atomic mass is 79.9. The fraction of sp³-hybridized carbons (Fsp3) is 0.250. The van der Waals surface area contributed by atoms with Gasteiger partial charge in [0, 0.05) is 17.3 Å². The van der Waals surface area contributed by atoms with E-state index in [2.05, 4.69) is 21.2 Å². The van der Waals surface area contributed by atoms with Crippen molar-refractivity contribution >= 4 is 39.5 Å². The zero-order valence-electron chi connectivity index (χ0n) is 10.3. The summed E-state index contributed by atoms with van der Waals surface area (Å²) in [7, 11) is 0. The second-order valence-electron chi connectivity index (χ2n) is 3.87. The molecule has 1 rings (SSSR count). The summed E-state index contributed by atoms with van der Waals surface area (Å²) >= 11 is 3.12. The number of hydrogen-bond acceptors (Lipinski definition) is 3. The molecule has 0 saturated heterocycles. The number of hydrogen-bond donors (Lipinski definition) is 3. The lowest BCUT2D eigenvalue weighted by Crippen LogP contribution is -2.34. The van der Waals surface area contributed by atoms with Crippen molar-refractivity contribution in [3.63, 3.8) is 0 Å². The van der Waals surface area contributed by atoms with Gasteiger partial charge in [-0.1, -0.05) is 15.9 Å². The maximum atomic E-state index is 13.3. The number of benzene rings is 1. The first-order chi connectivity index (χ1) is 9.38. The van der Waals surface area contributed by atoms with Gasteiger partial charge in [-0.05, 0) is 24.6 Å². The first-order valence-corrected chi connectivity index (χ1v) is 6.45. The Bertz CT molecular complexity index is 536. The van der Waals surface area contributed by atoms with E-state index in [0.29, 0.717) is 4.47 Å². The zero-order chi connectivity index (χ0) is 15.1. The van der Waals surface area contributed by atoms with E-state index in [-0.39, 0.29) is 24.9 Å². The molecule has 1 aromatic carbocycles. The molecule has 0 aliphatic rings. The predicted molar refractivity (Wildman–Crippen MR) is 72.7 cm³/mol. The highest BCUT2D eigenvalue weighted by molar-refractivity contribution is 9.10. The molecule has 3 N–H and O–H groups in total. The minimum Gasteiger partial charge on any atom is -0.481 e. The van der Waals surface area contributed by atoms with Crippen LogP contribution in [0.4, 0.5) is 14.9 Å². The molecule has 3 amide bonds. The van der Waals surface area contributed by atoms with Gasteiger partial charge in [0.2, 0.25) is 5.91 Å². The quantitative estimate of drug-likeness (QED) is 0.763. The van der Waals surface area contributed by atoms with Gasteiger partial charge in [0.1, 0.15) is 5.82 Å². The minimum absolute atomic E-state index is 0.0739. The summed E-state index contributed by atoms with van der Waals surface area (Å²) in [5, 5.41) is 12.6. The lowest BCUT2D eigenvalue weighted by atomic mass is 10.2. The zero-order valence-corrected chi connectivity index (χ0v) is 11.9. The third-order valence-electron chi connectivity index (χ3n) is 2.22. The Kier molecular flexibility index (Phi) is 6.10. The number of imide groups is 1. The van der Waals surface area contributed by atoms with E-state index in [1.54, 1.807) is 0 Å². The van der Waals surface area contributed by atoms with Gasteiger partial charge in [-0.25, -0.2) is 9.18 Å². The first-order valence-electron chi connectivity index (χ1n) is 5.66. The van der Waals surface area contributed by atoms with Gasteiger partial charge in [-0.15, -0.1) is 0 Å². The fourth-order valence-corrected chi connectivity index (χ4v) is 1.70. The number of carboxylic acid groups (broad SMARTS) is 1. The van der Waals surface area contributed by atoms with Crippen molar-refractivity contribution in [1.82, 2.24) is 5.32 Å². The number of nitrogens with one attached hydrogen (secondary N) is 2. The largest absolute Gasteiger partial charge is 0.481 e. The van der Waals surface area contributed by atoms with E-state index < -0.39 is 23.7 Å². The summed E-state index contributed by atoms with van der Waals surface area (Å²) in [6.45, 7) is 0. The molecule has 0 spiro atoms. The number of carbonyl (C=O) groups is 3. The van der Waals surface area contributed by atoms with E-state index in [4.69, 9.17) is 5.11 Å². The van der Waals surface area contributed by atoms with Crippen LogP contribution in [0, 0.1) is 5.82 Å². The first kappa shape index (κ1) is 16.1. The molecule has 0 atom stereocenters. The Labute approximate surface area is 122 Å². The fourth-order valence-electron chi connectivity index (χ4n) is 1.34. The number of anilines is 1. The molecular weight excluding hydrogens is 335 g/mol. The molecule has 20 heavy (non-hydrogen) atoms. The van der Waals surface area contributed by atoms with Crippen molar-refractivity contribution < 1.29 is 23.9 Å². The highest BCUT2D eigenvalue weighted by Crippen LogP contribution is 2.19. The van der Waals surface area contributed by atoms with Crippen LogP contribution in [-0.2, 0) is 9.59 Å². The van der Waals surface area contributed by atoms with E-state index in [1.165, 1.54) is 12.1 Å². The molecule has 1 aromatic rings. The Morgan fingerprint density at radius 2 is 1.95 bits per heavy atom. The van der Waals surface area contributed by atoms with Crippen LogP contribution in [0.15, 0.2) is 22.7 Å². The number of amides is 3. The monoisotopic (exact) mass is 346 g/mol. The molecule has 6 nitrogen and oxygen atoms in total. The maximum absolute atomic E-state index is 13.3. The predicted octanol–water partition coefficient (Wildman–Crippen LogP) is 2.49. The van der Waals surface area contributed by atoms with Crippen molar-refractivity contribution in [3.05, 3.63) is 28.5 Å². The number of aliphatic carboxylic acids is 1. The van der Waals surface area contributed by atoms with E-state index in [9.17, 15) is 18.8 Å². The molecule has 0 aliphatic carbocycles. The molecule has 0 fully saturated rings. The number of urea groups is 1. The molecule has 0 aromatic heterocycles. The van der Waals surface area contributed by atoms with Crippen molar-refractivity contribution in [2.45, 2.75) is 19.3 Å². The van der Waals surface area contributed by atoms with E-state index >= 15 is 0 Å². The Balaban J connectivity index is 2.45. The van der Waals surface area contributed by atoms with Gasteiger partial charge in [-0.3, -0.25) is 14.9 Å². The normalized spacial score (nSPS) is 9.90. The molecule has 108 valence electrons. The second-order valence-corrected chi connectivity index (χ2v) is 4.79. The Morgan fingerprint density at radius 3 is 2.60 bits per heavy atom.